The minimum Gasteiger partial charge on any atom is -0.356 e. The summed E-state index contributed by atoms with van der Waals surface area (Å²) in [5.74, 6) is 0.707. The second-order valence-corrected chi connectivity index (χ2v) is 6.08. The zero-order valence-corrected chi connectivity index (χ0v) is 12.9. The summed E-state index contributed by atoms with van der Waals surface area (Å²) in [5, 5.41) is 3.04. The fourth-order valence-electron chi connectivity index (χ4n) is 3.47. The van der Waals surface area contributed by atoms with Gasteiger partial charge >= 0.3 is 0 Å². The third-order valence-corrected chi connectivity index (χ3v) is 4.63. The highest BCUT2D eigenvalue weighted by Crippen LogP contribution is 2.34. The molecule has 1 heterocycles. The first kappa shape index (κ1) is 14.8. The first-order chi connectivity index (χ1) is 10.8. The van der Waals surface area contributed by atoms with Gasteiger partial charge in [0.2, 0.25) is 5.91 Å². The molecule has 0 aromatic heterocycles. The summed E-state index contributed by atoms with van der Waals surface area (Å²) in [4.78, 5) is 12.3. The molecule has 1 aliphatic heterocycles. The van der Waals surface area contributed by atoms with Crippen LogP contribution in [0.4, 0.5) is 0 Å². The standard InChI is InChI=1S/C20H23NO/c22-20-19(13-7-10-16-8-3-1-4-9-16)18(14-15-21-20)17-11-5-2-6-12-17/h1-6,8-9,11-12,18-19H,7,10,13-15H2,(H,21,22). The lowest BCUT2D eigenvalue weighted by molar-refractivity contribution is -0.127. The third-order valence-electron chi connectivity index (χ3n) is 4.63. The monoisotopic (exact) mass is 293 g/mol. The average molecular weight is 293 g/mol. The topological polar surface area (TPSA) is 29.1 Å². The van der Waals surface area contributed by atoms with Gasteiger partial charge in [-0.15, -0.1) is 0 Å². The van der Waals surface area contributed by atoms with Gasteiger partial charge in [-0.05, 0) is 42.7 Å². The highest BCUT2D eigenvalue weighted by Gasteiger charge is 2.32. The molecule has 2 nitrogen and oxygen atoms in total. The van der Waals surface area contributed by atoms with E-state index in [9.17, 15) is 4.79 Å². The first-order valence-electron chi connectivity index (χ1n) is 8.21. The molecule has 2 atom stereocenters. The zero-order chi connectivity index (χ0) is 15.2. The molecule has 2 unspecified atom stereocenters. The third kappa shape index (κ3) is 3.56. The number of aryl methyl sites for hydroxylation is 1. The number of hydrogen-bond donors (Lipinski definition) is 1. The molecule has 1 amide bonds. The number of carbonyl (C=O) groups is 1. The minimum absolute atomic E-state index is 0.111. The van der Waals surface area contributed by atoms with E-state index in [4.69, 9.17) is 0 Å². The van der Waals surface area contributed by atoms with Crippen molar-refractivity contribution >= 4 is 5.91 Å². The zero-order valence-electron chi connectivity index (χ0n) is 12.9. The van der Waals surface area contributed by atoms with Crippen molar-refractivity contribution in [3.63, 3.8) is 0 Å². The Hall–Kier alpha value is -2.09. The Morgan fingerprint density at radius 1 is 0.955 bits per heavy atom. The second-order valence-electron chi connectivity index (χ2n) is 6.08. The van der Waals surface area contributed by atoms with Crippen LogP contribution in [0.2, 0.25) is 0 Å². The number of benzene rings is 2. The predicted molar refractivity (Wildman–Crippen MR) is 89.7 cm³/mol. The summed E-state index contributed by atoms with van der Waals surface area (Å²) in [5.41, 5.74) is 2.66. The maximum atomic E-state index is 12.3. The van der Waals surface area contributed by atoms with Crippen LogP contribution in [0, 0.1) is 5.92 Å². The van der Waals surface area contributed by atoms with Crippen molar-refractivity contribution in [1.29, 1.82) is 0 Å². The molecule has 0 radical (unpaired) electrons. The Balaban J connectivity index is 1.64. The van der Waals surface area contributed by atoms with Gasteiger partial charge in [0.05, 0.1) is 0 Å². The van der Waals surface area contributed by atoms with E-state index in [2.05, 4.69) is 53.8 Å². The largest absolute Gasteiger partial charge is 0.356 e. The van der Waals surface area contributed by atoms with Crippen LogP contribution < -0.4 is 5.32 Å². The van der Waals surface area contributed by atoms with Gasteiger partial charge in [-0.1, -0.05) is 60.7 Å². The molecule has 22 heavy (non-hydrogen) atoms. The molecule has 0 bridgehead atoms. The van der Waals surface area contributed by atoms with E-state index in [1.165, 1.54) is 11.1 Å². The Labute approximate surface area is 132 Å². The Kier molecular flexibility index (Phi) is 4.89. The van der Waals surface area contributed by atoms with E-state index < -0.39 is 0 Å². The molecule has 1 aliphatic rings. The van der Waals surface area contributed by atoms with E-state index in [-0.39, 0.29) is 11.8 Å². The van der Waals surface area contributed by atoms with Gasteiger partial charge in [0.15, 0.2) is 0 Å². The molecule has 1 fully saturated rings. The second kappa shape index (κ2) is 7.26. The predicted octanol–water partition coefficient (Wildman–Crippen LogP) is 3.93. The maximum absolute atomic E-state index is 12.3. The van der Waals surface area contributed by atoms with Gasteiger partial charge in [-0.2, -0.15) is 0 Å². The van der Waals surface area contributed by atoms with Gasteiger partial charge < -0.3 is 5.32 Å². The van der Waals surface area contributed by atoms with Crippen LogP contribution in [0.15, 0.2) is 60.7 Å². The number of amides is 1. The van der Waals surface area contributed by atoms with Crippen molar-refractivity contribution in [1.82, 2.24) is 5.32 Å². The molecule has 3 rings (SSSR count). The van der Waals surface area contributed by atoms with Gasteiger partial charge in [-0.3, -0.25) is 4.79 Å². The fraction of sp³-hybridized carbons (Fsp3) is 0.350. The van der Waals surface area contributed by atoms with Gasteiger partial charge in [0.1, 0.15) is 0 Å². The number of carbonyl (C=O) groups excluding carboxylic acids is 1. The van der Waals surface area contributed by atoms with E-state index in [0.717, 1.165) is 32.2 Å². The van der Waals surface area contributed by atoms with Crippen molar-refractivity contribution in [3.05, 3.63) is 71.8 Å². The van der Waals surface area contributed by atoms with Crippen LogP contribution in [-0.2, 0) is 11.2 Å². The number of piperidine rings is 1. The summed E-state index contributed by atoms with van der Waals surface area (Å²) in [6.07, 6.45) is 4.11. The van der Waals surface area contributed by atoms with Crippen LogP contribution in [0.25, 0.3) is 0 Å². The lowest BCUT2D eigenvalue weighted by Gasteiger charge is -2.31. The first-order valence-corrected chi connectivity index (χ1v) is 8.21. The van der Waals surface area contributed by atoms with Crippen molar-refractivity contribution in [3.8, 4) is 0 Å². The summed E-state index contributed by atoms with van der Waals surface area (Å²) in [6.45, 7) is 0.799. The average Bonchev–Trinajstić information content (AvgIpc) is 2.58. The summed E-state index contributed by atoms with van der Waals surface area (Å²) in [7, 11) is 0. The van der Waals surface area contributed by atoms with Crippen LogP contribution in [0.1, 0.15) is 36.3 Å². The van der Waals surface area contributed by atoms with E-state index >= 15 is 0 Å². The van der Waals surface area contributed by atoms with Crippen molar-refractivity contribution in [2.45, 2.75) is 31.6 Å². The molecule has 0 aliphatic carbocycles. The quantitative estimate of drug-likeness (QED) is 0.889. The highest BCUT2D eigenvalue weighted by molar-refractivity contribution is 5.80. The fourth-order valence-corrected chi connectivity index (χ4v) is 3.47. The van der Waals surface area contributed by atoms with E-state index in [1.807, 2.05) is 12.1 Å². The molecule has 0 saturated carbocycles. The van der Waals surface area contributed by atoms with Crippen LogP contribution in [-0.4, -0.2) is 12.5 Å². The minimum atomic E-state index is 0.111. The molecule has 0 spiro atoms. The van der Waals surface area contributed by atoms with E-state index in [0.29, 0.717) is 5.92 Å². The highest BCUT2D eigenvalue weighted by atomic mass is 16.1. The van der Waals surface area contributed by atoms with Gasteiger partial charge in [0.25, 0.3) is 0 Å². The Bertz CT molecular complexity index is 594. The summed E-state index contributed by atoms with van der Waals surface area (Å²) >= 11 is 0. The summed E-state index contributed by atoms with van der Waals surface area (Å²) < 4.78 is 0. The van der Waals surface area contributed by atoms with Crippen LogP contribution in [0.5, 0.6) is 0 Å². The van der Waals surface area contributed by atoms with Gasteiger partial charge in [-0.25, -0.2) is 0 Å². The number of hydrogen-bond acceptors (Lipinski definition) is 1. The Morgan fingerprint density at radius 3 is 2.36 bits per heavy atom. The van der Waals surface area contributed by atoms with Crippen LogP contribution >= 0.6 is 0 Å². The Morgan fingerprint density at radius 2 is 1.64 bits per heavy atom. The summed E-state index contributed by atoms with van der Waals surface area (Å²) in [6, 6.07) is 21.0. The lowest BCUT2D eigenvalue weighted by atomic mass is 9.78. The molecule has 1 N–H and O–H groups in total. The van der Waals surface area contributed by atoms with Crippen molar-refractivity contribution in [2.75, 3.05) is 6.54 Å². The molecule has 114 valence electrons. The maximum Gasteiger partial charge on any atom is 0.223 e. The normalized spacial score (nSPS) is 21.4. The molecular weight excluding hydrogens is 270 g/mol. The molecule has 2 aromatic rings. The number of rotatable bonds is 5. The number of nitrogens with one attached hydrogen (secondary N) is 1. The lowest BCUT2D eigenvalue weighted by Crippen LogP contribution is -2.41. The molecule has 2 aromatic carbocycles. The van der Waals surface area contributed by atoms with Gasteiger partial charge in [0, 0.05) is 12.5 Å². The van der Waals surface area contributed by atoms with Crippen molar-refractivity contribution < 1.29 is 4.79 Å². The molecule has 1 saturated heterocycles. The smallest absolute Gasteiger partial charge is 0.223 e. The SMILES string of the molecule is O=C1NCCC(c2ccccc2)C1CCCc1ccccc1. The molecule has 2 heteroatoms. The molecular formula is C20H23NO. The van der Waals surface area contributed by atoms with Crippen LogP contribution in [0.3, 0.4) is 0 Å². The van der Waals surface area contributed by atoms with Crippen molar-refractivity contribution in [2.24, 2.45) is 5.92 Å². The van der Waals surface area contributed by atoms with E-state index in [1.54, 1.807) is 0 Å².